The van der Waals surface area contributed by atoms with E-state index in [1.807, 2.05) is 0 Å². The van der Waals surface area contributed by atoms with Crippen LogP contribution in [0, 0.1) is 0 Å². The molecule has 1 aromatic carbocycles. The smallest absolute Gasteiger partial charge is 0.325 e. The molecular weight excluding hydrogens is 404 g/mol. The molecule has 0 bridgehead atoms. The quantitative estimate of drug-likeness (QED) is 0.620. The summed E-state index contributed by atoms with van der Waals surface area (Å²) in [6.45, 7) is 1.28. The molecule has 0 spiro atoms. The minimum absolute atomic E-state index is 0.166. The fourth-order valence-corrected chi connectivity index (χ4v) is 3.99. The van der Waals surface area contributed by atoms with Gasteiger partial charge in [0.1, 0.15) is 17.1 Å². The molecule has 3 rings (SSSR count). The van der Waals surface area contributed by atoms with Crippen LogP contribution in [0.2, 0.25) is 5.02 Å². The molecule has 1 aromatic heterocycles. The van der Waals surface area contributed by atoms with Gasteiger partial charge in [0.25, 0.3) is 11.8 Å². The third-order valence-corrected chi connectivity index (χ3v) is 5.61. The number of thiophene rings is 1. The summed E-state index contributed by atoms with van der Waals surface area (Å²) < 4.78 is 0. The van der Waals surface area contributed by atoms with Gasteiger partial charge in [-0.2, -0.15) is 0 Å². The molecule has 1 saturated heterocycles. The van der Waals surface area contributed by atoms with Crippen LogP contribution in [0.4, 0.5) is 9.80 Å². The lowest BCUT2D eigenvalue weighted by atomic mass is 9.87. The van der Waals surface area contributed by atoms with Crippen LogP contribution in [0.15, 0.2) is 35.7 Å². The fourth-order valence-electron chi connectivity index (χ4n) is 3.05. The molecule has 10 heteroatoms. The van der Waals surface area contributed by atoms with Gasteiger partial charge >= 0.3 is 6.03 Å². The van der Waals surface area contributed by atoms with Crippen molar-refractivity contribution in [1.82, 2.24) is 10.2 Å². The van der Waals surface area contributed by atoms with E-state index >= 15 is 0 Å². The van der Waals surface area contributed by atoms with Crippen molar-refractivity contribution in [3.63, 3.8) is 0 Å². The number of rotatable bonds is 6. The molecule has 1 fully saturated rings. The van der Waals surface area contributed by atoms with E-state index in [2.05, 4.69) is 10.6 Å². The highest BCUT2D eigenvalue weighted by Crippen LogP contribution is 2.33. The van der Waals surface area contributed by atoms with Crippen molar-refractivity contribution in [2.45, 2.75) is 18.9 Å². The Balaban J connectivity index is 1.79. The average molecular weight is 421 g/mol. The number of primary amides is 1. The predicted molar refractivity (Wildman–Crippen MR) is 105 cm³/mol. The van der Waals surface area contributed by atoms with Crippen molar-refractivity contribution < 1.29 is 19.2 Å². The van der Waals surface area contributed by atoms with Crippen LogP contribution in [0.5, 0.6) is 0 Å². The minimum Gasteiger partial charge on any atom is -0.366 e. The Morgan fingerprint density at radius 1 is 1.25 bits per heavy atom. The monoisotopic (exact) mass is 420 g/mol. The zero-order valence-corrected chi connectivity index (χ0v) is 16.4. The third-order valence-electron chi connectivity index (χ3n) is 4.53. The number of nitrogens with one attached hydrogen (secondary N) is 2. The standard InChI is InChI=1S/C18H17ClN4O4S/c1-2-18(10-3-5-11(19)6-4-10)16(26)23(17(27)22-18)9-13(24)21-15-12(14(20)25)7-8-28-15/h3-8H,2,9H2,1H3,(H2,20,25)(H,21,24)(H,22,27). The van der Waals surface area contributed by atoms with E-state index in [4.69, 9.17) is 17.3 Å². The predicted octanol–water partition coefficient (Wildman–Crippen LogP) is 2.30. The molecule has 4 N–H and O–H groups in total. The van der Waals surface area contributed by atoms with Crippen LogP contribution in [0.1, 0.15) is 29.3 Å². The number of nitrogens with zero attached hydrogens (tertiary/aromatic N) is 1. The molecule has 0 aliphatic carbocycles. The number of benzene rings is 1. The number of urea groups is 1. The minimum atomic E-state index is -1.26. The maximum Gasteiger partial charge on any atom is 0.325 e. The summed E-state index contributed by atoms with van der Waals surface area (Å²) in [5.41, 5.74) is 4.73. The fraction of sp³-hybridized carbons (Fsp3) is 0.222. The highest BCUT2D eigenvalue weighted by atomic mass is 35.5. The third kappa shape index (κ3) is 3.46. The lowest BCUT2D eigenvalue weighted by molar-refractivity contribution is -0.134. The van der Waals surface area contributed by atoms with E-state index in [-0.39, 0.29) is 10.6 Å². The normalized spacial score (nSPS) is 18.9. The number of anilines is 1. The molecule has 2 heterocycles. The van der Waals surface area contributed by atoms with Gasteiger partial charge < -0.3 is 16.4 Å². The summed E-state index contributed by atoms with van der Waals surface area (Å²) in [5, 5.41) is 7.58. The van der Waals surface area contributed by atoms with Crippen molar-refractivity contribution in [2.24, 2.45) is 5.73 Å². The SMILES string of the molecule is CCC1(c2ccc(Cl)cc2)NC(=O)N(CC(=O)Nc2sccc2C(N)=O)C1=O. The van der Waals surface area contributed by atoms with E-state index in [0.717, 1.165) is 16.2 Å². The van der Waals surface area contributed by atoms with Crippen LogP contribution < -0.4 is 16.4 Å². The first-order valence-electron chi connectivity index (χ1n) is 8.36. The summed E-state index contributed by atoms with van der Waals surface area (Å²) in [4.78, 5) is 50.0. The number of nitrogens with two attached hydrogens (primary N) is 1. The lowest BCUT2D eigenvalue weighted by Crippen LogP contribution is -2.44. The molecule has 8 nitrogen and oxygen atoms in total. The average Bonchev–Trinajstić information content (AvgIpc) is 3.21. The van der Waals surface area contributed by atoms with Gasteiger partial charge in [0.15, 0.2) is 0 Å². The number of hydrogen-bond acceptors (Lipinski definition) is 5. The zero-order chi connectivity index (χ0) is 20.5. The molecule has 1 aliphatic heterocycles. The molecule has 0 radical (unpaired) electrons. The van der Waals surface area contributed by atoms with Gasteiger partial charge in [-0.25, -0.2) is 4.79 Å². The second-order valence-corrected chi connectivity index (χ2v) is 7.52. The van der Waals surface area contributed by atoms with Gasteiger partial charge in [-0.05, 0) is 35.6 Å². The summed E-state index contributed by atoms with van der Waals surface area (Å²) in [5.74, 6) is -1.82. The van der Waals surface area contributed by atoms with Crippen LogP contribution in [-0.2, 0) is 15.1 Å². The number of amides is 5. The van der Waals surface area contributed by atoms with Gasteiger partial charge in [-0.1, -0.05) is 30.7 Å². The Morgan fingerprint density at radius 3 is 2.54 bits per heavy atom. The van der Waals surface area contributed by atoms with Crippen LogP contribution in [0.25, 0.3) is 0 Å². The molecular formula is C18H17ClN4O4S. The molecule has 0 saturated carbocycles. The molecule has 1 atom stereocenters. The number of carbonyl (C=O) groups is 4. The topological polar surface area (TPSA) is 122 Å². The Labute approximate surface area is 169 Å². The van der Waals surface area contributed by atoms with Crippen LogP contribution >= 0.6 is 22.9 Å². The summed E-state index contributed by atoms with van der Waals surface area (Å²) in [7, 11) is 0. The Bertz CT molecular complexity index is 959. The number of halogens is 1. The van der Waals surface area contributed by atoms with E-state index in [0.29, 0.717) is 17.0 Å². The first-order valence-corrected chi connectivity index (χ1v) is 9.61. The molecule has 1 unspecified atom stereocenters. The van der Waals surface area contributed by atoms with E-state index < -0.39 is 35.8 Å². The lowest BCUT2D eigenvalue weighted by Gasteiger charge is -2.25. The molecule has 146 valence electrons. The van der Waals surface area contributed by atoms with Gasteiger partial charge in [0.05, 0.1) is 5.56 Å². The number of hydrogen-bond donors (Lipinski definition) is 3. The summed E-state index contributed by atoms with van der Waals surface area (Å²) in [6, 6.07) is 7.41. The van der Waals surface area contributed by atoms with Crippen LogP contribution in [0.3, 0.4) is 0 Å². The van der Waals surface area contributed by atoms with E-state index in [1.54, 1.807) is 36.6 Å². The first-order chi connectivity index (χ1) is 13.3. The Morgan fingerprint density at radius 2 is 1.93 bits per heavy atom. The maximum atomic E-state index is 13.0. The Kier molecular flexibility index (Phi) is 5.39. The van der Waals surface area contributed by atoms with Gasteiger partial charge in [-0.3, -0.25) is 19.3 Å². The Hall–Kier alpha value is -2.91. The highest BCUT2D eigenvalue weighted by Gasteiger charge is 2.51. The largest absolute Gasteiger partial charge is 0.366 e. The van der Waals surface area contributed by atoms with Crippen molar-refractivity contribution in [2.75, 3.05) is 11.9 Å². The van der Waals surface area contributed by atoms with Gasteiger partial charge in [-0.15, -0.1) is 11.3 Å². The first kappa shape index (κ1) is 19.8. The van der Waals surface area contributed by atoms with Crippen molar-refractivity contribution in [3.8, 4) is 0 Å². The van der Waals surface area contributed by atoms with Crippen molar-refractivity contribution in [1.29, 1.82) is 0 Å². The maximum absolute atomic E-state index is 13.0. The second-order valence-electron chi connectivity index (χ2n) is 6.16. The molecule has 5 amide bonds. The van der Waals surface area contributed by atoms with E-state index in [9.17, 15) is 19.2 Å². The van der Waals surface area contributed by atoms with Gasteiger partial charge in [0, 0.05) is 5.02 Å². The second kappa shape index (κ2) is 7.61. The number of carbonyl (C=O) groups excluding carboxylic acids is 4. The van der Waals surface area contributed by atoms with E-state index in [1.165, 1.54) is 6.07 Å². The van der Waals surface area contributed by atoms with Crippen molar-refractivity contribution >= 4 is 51.7 Å². The van der Waals surface area contributed by atoms with Gasteiger partial charge in [0.2, 0.25) is 5.91 Å². The highest BCUT2D eigenvalue weighted by molar-refractivity contribution is 7.14. The molecule has 1 aliphatic rings. The molecule has 28 heavy (non-hydrogen) atoms. The zero-order valence-electron chi connectivity index (χ0n) is 14.8. The molecule has 2 aromatic rings. The summed E-state index contributed by atoms with van der Waals surface area (Å²) in [6.07, 6.45) is 0.300. The summed E-state index contributed by atoms with van der Waals surface area (Å²) >= 11 is 7.02. The van der Waals surface area contributed by atoms with Crippen LogP contribution in [-0.4, -0.2) is 35.2 Å². The number of imide groups is 1. The van der Waals surface area contributed by atoms with Crippen molar-refractivity contribution in [3.05, 3.63) is 51.9 Å².